The fraction of sp³-hybridized carbons (Fsp3) is 0.455. The number of piperidine rings is 1. The van der Waals surface area contributed by atoms with Crippen LogP contribution in [-0.2, 0) is 11.0 Å². The van der Waals surface area contributed by atoms with Gasteiger partial charge >= 0.3 is 6.18 Å². The van der Waals surface area contributed by atoms with Crippen LogP contribution >= 0.6 is 0 Å². The van der Waals surface area contributed by atoms with Gasteiger partial charge in [0.2, 0.25) is 5.95 Å². The van der Waals surface area contributed by atoms with Gasteiger partial charge in [0.15, 0.2) is 5.82 Å². The molecular weight excluding hydrogens is 487 g/mol. The van der Waals surface area contributed by atoms with Gasteiger partial charge in [-0.15, -0.1) is 0 Å². The predicted octanol–water partition coefficient (Wildman–Crippen LogP) is 3.03. The molecule has 3 rings (SSSR count). The number of likely N-dealkylation sites (tertiary alicyclic amines) is 1. The summed E-state index contributed by atoms with van der Waals surface area (Å²) >= 11 is 0. The van der Waals surface area contributed by atoms with E-state index in [0.717, 1.165) is 4.90 Å². The molecule has 1 aliphatic heterocycles. The van der Waals surface area contributed by atoms with Gasteiger partial charge in [0.25, 0.3) is 11.8 Å². The number of nitrogens with zero attached hydrogens (tertiary/aromatic N) is 6. The average molecular weight is 512 g/mol. The van der Waals surface area contributed by atoms with E-state index in [2.05, 4.69) is 30.2 Å². The molecule has 1 fully saturated rings. The maximum Gasteiger partial charge on any atom is 0.419 e. The van der Waals surface area contributed by atoms with Gasteiger partial charge in [-0.1, -0.05) is 6.92 Å². The Morgan fingerprint density at radius 1 is 1.22 bits per heavy atom. The Balaban J connectivity index is 1.92. The number of amides is 1. The first kappa shape index (κ1) is 26.9. The molecule has 2 atom stereocenters. The number of allylic oxidation sites excluding steroid dienone is 1. The van der Waals surface area contributed by atoms with Crippen LogP contribution in [0, 0.1) is 5.92 Å². The van der Waals surface area contributed by atoms with Crippen LogP contribution in [0.2, 0.25) is 0 Å². The summed E-state index contributed by atoms with van der Waals surface area (Å²) in [7, 11) is 1.48. The topological polar surface area (TPSA) is 122 Å². The molecule has 0 spiro atoms. The van der Waals surface area contributed by atoms with Crippen molar-refractivity contribution in [3.05, 3.63) is 47.9 Å². The molecule has 3 heterocycles. The standard InChI is InChI=1S/C22H25F5N8O/c1-12-7-21(23,24)11-35(15(12)10-34-20-32-8-14(9-33-20)22(25,26)27)19(36)17(28)16(13(2)29-3)18-30-5-4-6-31-18/h4-6,8-9,12,15H,7,10-11,28H2,1-3H3,(H,32,33,34)/t12-,15?/m1/s1. The molecule has 0 radical (unpaired) electrons. The van der Waals surface area contributed by atoms with Crippen molar-refractivity contribution in [2.75, 3.05) is 25.5 Å². The van der Waals surface area contributed by atoms with Crippen molar-refractivity contribution in [3.8, 4) is 0 Å². The molecule has 1 unspecified atom stereocenters. The molecule has 0 bridgehead atoms. The van der Waals surface area contributed by atoms with Crippen LogP contribution in [0.25, 0.3) is 5.57 Å². The first-order valence-electron chi connectivity index (χ1n) is 10.9. The van der Waals surface area contributed by atoms with Crippen molar-refractivity contribution in [1.82, 2.24) is 24.8 Å². The van der Waals surface area contributed by atoms with Crippen LogP contribution in [0.4, 0.5) is 27.9 Å². The molecule has 2 aromatic heterocycles. The van der Waals surface area contributed by atoms with Crippen molar-refractivity contribution in [3.63, 3.8) is 0 Å². The maximum absolute atomic E-state index is 14.5. The second kappa shape index (κ2) is 10.5. The van der Waals surface area contributed by atoms with Crippen molar-refractivity contribution in [2.24, 2.45) is 16.6 Å². The van der Waals surface area contributed by atoms with Crippen molar-refractivity contribution in [2.45, 2.75) is 38.4 Å². The van der Waals surface area contributed by atoms with E-state index in [-0.39, 0.29) is 29.6 Å². The van der Waals surface area contributed by atoms with Crippen LogP contribution in [0.5, 0.6) is 0 Å². The third kappa shape index (κ3) is 6.10. The van der Waals surface area contributed by atoms with E-state index in [4.69, 9.17) is 5.73 Å². The fourth-order valence-corrected chi connectivity index (χ4v) is 3.92. The number of halogens is 5. The Labute approximate surface area is 203 Å². The molecule has 0 aliphatic carbocycles. The van der Waals surface area contributed by atoms with Crippen LogP contribution < -0.4 is 11.1 Å². The lowest BCUT2D eigenvalue weighted by Crippen LogP contribution is -2.58. The molecule has 9 nitrogen and oxygen atoms in total. The van der Waals surface area contributed by atoms with Gasteiger partial charge in [-0.05, 0) is 18.9 Å². The third-order valence-electron chi connectivity index (χ3n) is 5.78. The van der Waals surface area contributed by atoms with Crippen molar-refractivity contribution >= 4 is 23.1 Å². The van der Waals surface area contributed by atoms with Gasteiger partial charge in [0.1, 0.15) is 5.70 Å². The molecular formula is C22H25F5N8O. The minimum Gasteiger partial charge on any atom is -0.394 e. The number of rotatable bonds is 6. The van der Waals surface area contributed by atoms with Gasteiger partial charge in [0, 0.05) is 50.5 Å². The second-order valence-corrected chi connectivity index (χ2v) is 8.38. The number of nitrogens with one attached hydrogen (secondary N) is 1. The number of hydrogen-bond donors (Lipinski definition) is 2. The van der Waals surface area contributed by atoms with E-state index in [1.807, 2.05) is 0 Å². The summed E-state index contributed by atoms with van der Waals surface area (Å²) in [5.74, 6) is -4.77. The number of aromatic nitrogens is 4. The van der Waals surface area contributed by atoms with E-state index in [9.17, 15) is 26.7 Å². The van der Waals surface area contributed by atoms with E-state index >= 15 is 0 Å². The van der Waals surface area contributed by atoms with Gasteiger partial charge in [-0.2, -0.15) is 13.2 Å². The summed E-state index contributed by atoms with van der Waals surface area (Å²) in [4.78, 5) is 33.9. The van der Waals surface area contributed by atoms with E-state index in [0.29, 0.717) is 18.1 Å². The summed E-state index contributed by atoms with van der Waals surface area (Å²) < 4.78 is 67.3. The molecule has 1 saturated heterocycles. The molecule has 3 N–H and O–H groups in total. The number of alkyl halides is 5. The third-order valence-corrected chi connectivity index (χ3v) is 5.78. The summed E-state index contributed by atoms with van der Waals surface area (Å²) in [5, 5.41) is 2.74. The van der Waals surface area contributed by atoms with E-state index in [1.54, 1.807) is 19.9 Å². The molecule has 2 aromatic rings. The number of carbonyl (C=O) groups is 1. The number of aliphatic imine (C=N–C) groups is 1. The molecule has 1 amide bonds. The van der Waals surface area contributed by atoms with Gasteiger partial charge in [0.05, 0.1) is 23.7 Å². The molecule has 194 valence electrons. The molecule has 0 saturated carbocycles. The zero-order valence-electron chi connectivity index (χ0n) is 19.7. The molecule has 14 heteroatoms. The summed E-state index contributed by atoms with van der Waals surface area (Å²) in [6.45, 7) is 2.13. The predicted molar refractivity (Wildman–Crippen MR) is 122 cm³/mol. The molecule has 1 aliphatic rings. The van der Waals surface area contributed by atoms with Crippen LogP contribution in [0.1, 0.15) is 31.7 Å². The lowest BCUT2D eigenvalue weighted by atomic mass is 9.88. The van der Waals surface area contributed by atoms with Gasteiger partial charge in [-0.25, -0.2) is 28.7 Å². The Kier molecular flexibility index (Phi) is 7.84. The first-order chi connectivity index (χ1) is 16.8. The largest absolute Gasteiger partial charge is 0.419 e. The minimum atomic E-state index is -4.60. The summed E-state index contributed by atoms with van der Waals surface area (Å²) in [6, 6.07) is 0.772. The normalized spacial score (nSPS) is 21.1. The second-order valence-electron chi connectivity index (χ2n) is 8.38. The highest BCUT2D eigenvalue weighted by Gasteiger charge is 2.46. The quantitative estimate of drug-likeness (QED) is 0.347. The highest BCUT2D eigenvalue weighted by molar-refractivity contribution is 6.27. The smallest absolute Gasteiger partial charge is 0.394 e. The lowest BCUT2D eigenvalue weighted by molar-refractivity contribution is -0.148. The van der Waals surface area contributed by atoms with Crippen molar-refractivity contribution < 1.29 is 26.7 Å². The maximum atomic E-state index is 14.5. The molecule has 0 aromatic carbocycles. The van der Waals surface area contributed by atoms with E-state index in [1.165, 1.54) is 19.4 Å². The zero-order valence-corrected chi connectivity index (χ0v) is 19.7. The lowest BCUT2D eigenvalue weighted by Gasteiger charge is -2.43. The SMILES string of the molecule is CN=C(C)C(=C(N)C(=O)N1CC(F)(F)C[C@@H](C)C1CNc1ncc(C(F)(F)F)cn1)c1ncccn1. The van der Waals surface area contributed by atoms with Crippen LogP contribution in [0.3, 0.4) is 0 Å². The highest BCUT2D eigenvalue weighted by atomic mass is 19.4. The number of carbonyl (C=O) groups excluding carboxylic acids is 1. The monoisotopic (exact) mass is 512 g/mol. The minimum absolute atomic E-state index is 0.0976. The highest BCUT2D eigenvalue weighted by Crippen LogP contribution is 2.35. The Bertz CT molecular complexity index is 1140. The van der Waals surface area contributed by atoms with Gasteiger partial charge in [-0.3, -0.25) is 9.79 Å². The van der Waals surface area contributed by atoms with Crippen LogP contribution in [-0.4, -0.2) is 68.6 Å². The summed E-state index contributed by atoms with van der Waals surface area (Å²) in [5.41, 5.74) is 5.25. The van der Waals surface area contributed by atoms with Gasteiger partial charge < -0.3 is 16.0 Å². The Morgan fingerprint density at radius 3 is 2.39 bits per heavy atom. The van der Waals surface area contributed by atoms with Crippen LogP contribution in [0.15, 0.2) is 41.5 Å². The van der Waals surface area contributed by atoms with E-state index < -0.39 is 48.5 Å². The summed E-state index contributed by atoms with van der Waals surface area (Å²) in [6.07, 6.45) is -0.999. The number of hydrogen-bond acceptors (Lipinski definition) is 8. The zero-order chi connectivity index (χ0) is 26.7. The van der Waals surface area contributed by atoms with Crippen molar-refractivity contribution in [1.29, 1.82) is 0 Å². The number of nitrogens with two attached hydrogens (primary N) is 1. The Hall–Kier alpha value is -3.71. The first-order valence-corrected chi connectivity index (χ1v) is 10.9. The Morgan fingerprint density at radius 2 is 1.83 bits per heavy atom. The number of anilines is 1. The average Bonchev–Trinajstić information content (AvgIpc) is 2.82. The fourth-order valence-electron chi connectivity index (χ4n) is 3.92. The molecule has 36 heavy (non-hydrogen) atoms.